The fourth-order valence-corrected chi connectivity index (χ4v) is 10.5. The van der Waals surface area contributed by atoms with E-state index in [0.29, 0.717) is 17.5 Å². The summed E-state index contributed by atoms with van der Waals surface area (Å²) in [6, 6.07) is 78.4. The number of nitrogens with zero attached hydrogens (tertiary/aromatic N) is 4. The van der Waals surface area contributed by atoms with Crippen molar-refractivity contribution < 1.29 is 0 Å². The molecule has 13 rings (SSSR count). The predicted molar refractivity (Wildman–Crippen MR) is 255 cm³/mol. The standard InChI is InChI=1S/C58H36N4/c1-4-19-38(20-5-1)55-59-56(39-33-35-51-48(36-39)45-28-16-17-31-50(45)62(51)41-23-8-3-9-24-41)61-57(60-55)58(40-21-6-2-7-22-40)49-34-32-37-18-10-11-25-42(37)52(49)53-46-29-14-12-26-43(46)44-27-13-15-30-47(44)54(53)58/h1-36H. The second-order valence-corrected chi connectivity index (χ2v) is 16.3. The molecule has 288 valence electrons. The van der Waals surface area contributed by atoms with Crippen molar-refractivity contribution in [1.29, 1.82) is 0 Å². The van der Waals surface area contributed by atoms with Gasteiger partial charge < -0.3 is 4.57 Å². The van der Waals surface area contributed by atoms with Crippen molar-refractivity contribution in [3.05, 3.63) is 241 Å². The second kappa shape index (κ2) is 13.4. The van der Waals surface area contributed by atoms with Crippen LogP contribution in [-0.4, -0.2) is 19.5 Å². The van der Waals surface area contributed by atoms with Gasteiger partial charge in [-0.05, 0) is 96.5 Å². The summed E-state index contributed by atoms with van der Waals surface area (Å²) in [5, 5.41) is 9.56. The molecule has 0 aliphatic heterocycles. The van der Waals surface area contributed by atoms with E-state index in [2.05, 4.69) is 217 Å². The zero-order valence-corrected chi connectivity index (χ0v) is 33.6. The molecule has 0 saturated heterocycles. The number of benzene rings is 10. The first kappa shape index (κ1) is 34.6. The molecule has 4 heteroatoms. The highest BCUT2D eigenvalue weighted by atomic mass is 15.1. The van der Waals surface area contributed by atoms with Gasteiger partial charge in [0, 0.05) is 27.6 Å². The van der Waals surface area contributed by atoms with Crippen molar-refractivity contribution in [2.24, 2.45) is 0 Å². The average Bonchev–Trinajstić information content (AvgIpc) is 3.86. The van der Waals surface area contributed by atoms with Crippen molar-refractivity contribution in [1.82, 2.24) is 19.5 Å². The fraction of sp³-hybridized carbons (Fsp3) is 0.0172. The number of hydrogen-bond acceptors (Lipinski definition) is 3. The highest BCUT2D eigenvalue weighted by molar-refractivity contribution is 6.22. The zero-order valence-electron chi connectivity index (χ0n) is 33.6. The first-order chi connectivity index (χ1) is 30.8. The van der Waals surface area contributed by atoms with Crippen molar-refractivity contribution in [3.63, 3.8) is 0 Å². The summed E-state index contributed by atoms with van der Waals surface area (Å²) in [6.07, 6.45) is 0. The van der Waals surface area contributed by atoms with Gasteiger partial charge in [-0.15, -0.1) is 0 Å². The summed E-state index contributed by atoms with van der Waals surface area (Å²) in [6.45, 7) is 0. The highest BCUT2D eigenvalue weighted by Crippen LogP contribution is 2.61. The van der Waals surface area contributed by atoms with E-state index in [0.717, 1.165) is 44.4 Å². The smallest absolute Gasteiger partial charge is 0.163 e. The topological polar surface area (TPSA) is 43.6 Å². The van der Waals surface area contributed by atoms with Crippen LogP contribution in [0.3, 0.4) is 0 Å². The fourth-order valence-electron chi connectivity index (χ4n) is 10.5. The summed E-state index contributed by atoms with van der Waals surface area (Å²) < 4.78 is 2.35. The Bertz CT molecular complexity index is 3740. The Morgan fingerprint density at radius 1 is 0.355 bits per heavy atom. The number of aromatic nitrogens is 4. The summed E-state index contributed by atoms with van der Waals surface area (Å²) in [5.41, 5.74) is 10.3. The Morgan fingerprint density at radius 3 is 1.68 bits per heavy atom. The lowest BCUT2D eigenvalue weighted by Crippen LogP contribution is -2.32. The Morgan fingerprint density at radius 2 is 0.919 bits per heavy atom. The van der Waals surface area contributed by atoms with Crippen molar-refractivity contribution in [2.45, 2.75) is 5.41 Å². The molecule has 0 saturated carbocycles. The average molecular weight is 789 g/mol. The van der Waals surface area contributed by atoms with Gasteiger partial charge in [0.2, 0.25) is 0 Å². The molecule has 62 heavy (non-hydrogen) atoms. The van der Waals surface area contributed by atoms with Gasteiger partial charge in [0.25, 0.3) is 0 Å². The number of hydrogen-bond donors (Lipinski definition) is 0. The van der Waals surface area contributed by atoms with Crippen LogP contribution in [-0.2, 0) is 5.41 Å². The Hall–Kier alpha value is -8.21. The Kier molecular flexibility index (Phi) is 7.49. The maximum Gasteiger partial charge on any atom is 0.163 e. The van der Waals surface area contributed by atoms with Crippen molar-refractivity contribution in [2.75, 3.05) is 0 Å². The SMILES string of the molecule is c1ccc(-c2nc(-c3ccc4c(c3)c3ccccc3n4-c3ccccc3)nc(C3(c4ccccc4)c4ccc5ccccc5c4-c4c3c3ccccc3c3ccccc43)n2)cc1. The number of para-hydroxylation sites is 2. The van der Waals surface area contributed by atoms with Gasteiger partial charge >= 0.3 is 0 Å². The van der Waals surface area contributed by atoms with Crippen LogP contribution in [0, 0.1) is 0 Å². The van der Waals surface area contributed by atoms with Gasteiger partial charge in [0.15, 0.2) is 17.5 Å². The first-order valence-corrected chi connectivity index (χ1v) is 21.2. The van der Waals surface area contributed by atoms with E-state index in [1.165, 1.54) is 54.4 Å². The van der Waals surface area contributed by atoms with Crippen LogP contribution in [0.15, 0.2) is 218 Å². The quantitative estimate of drug-likeness (QED) is 0.163. The maximum atomic E-state index is 5.75. The normalized spacial score (nSPS) is 14.5. The summed E-state index contributed by atoms with van der Waals surface area (Å²) in [4.78, 5) is 16.8. The van der Waals surface area contributed by atoms with Crippen LogP contribution in [0.1, 0.15) is 22.5 Å². The largest absolute Gasteiger partial charge is 0.309 e. The van der Waals surface area contributed by atoms with E-state index in [9.17, 15) is 0 Å². The number of rotatable bonds is 5. The molecule has 10 aromatic carbocycles. The summed E-state index contributed by atoms with van der Waals surface area (Å²) in [5.74, 6) is 1.95. The minimum atomic E-state index is -0.922. The lowest BCUT2D eigenvalue weighted by atomic mass is 9.70. The summed E-state index contributed by atoms with van der Waals surface area (Å²) >= 11 is 0. The lowest BCUT2D eigenvalue weighted by molar-refractivity contribution is 0.698. The third-order valence-corrected chi connectivity index (χ3v) is 13.0. The zero-order chi connectivity index (χ0) is 40.8. The van der Waals surface area contributed by atoms with Crippen LogP contribution in [0.5, 0.6) is 0 Å². The van der Waals surface area contributed by atoms with E-state index in [1.54, 1.807) is 0 Å². The molecule has 0 fully saturated rings. The van der Waals surface area contributed by atoms with Crippen molar-refractivity contribution >= 4 is 54.1 Å². The van der Waals surface area contributed by atoms with Gasteiger partial charge in [-0.1, -0.05) is 182 Å². The van der Waals surface area contributed by atoms with Gasteiger partial charge in [-0.2, -0.15) is 0 Å². The minimum Gasteiger partial charge on any atom is -0.309 e. The molecular weight excluding hydrogens is 753 g/mol. The number of fused-ring (bicyclic) bond motifs is 13. The molecule has 2 heterocycles. The van der Waals surface area contributed by atoms with Crippen LogP contribution >= 0.6 is 0 Å². The van der Waals surface area contributed by atoms with Crippen LogP contribution in [0.25, 0.3) is 93.7 Å². The minimum absolute atomic E-state index is 0.628. The molecule has 0 bridgehead atoms. The van der Waals surface area contributed by atoms with Gasteiger partial charge in [-0.25, -0.2) is 15.0 Å². The molecule has 1 atom stereocenters. The third kappa shape index (κ3) is 4.86. The third-order valence-electron chi connectivity index (χ3n) is 13.0. The molecule has 0 spiro atoms. The molecule has 4 nitrogen and oxygen atoms in total. The first-order valence-electron chi connectivity index (χ1n) is 21.2. The molecule has 0 N–H and O–H groups in total. The molecule has 1 unspecified atom stereocenters. The monoisotopic (exact) mass is 788 g/mol. The molecule has 2 aromatic heterocycles. The van der Waals surface area contributed by atoms with E-state index in [-0.39, 0.29) is 0 Å². The maximum absolute atomic E-state index is 5.75. The van der Waals surface area contributed by atoms with Crippen LogP contribution < -0.4 is 0 Å². The van der Waals surface area contributed by atoms with Crippen LogP contribution in [0.2, 0.25) is 0 Å². The Labute approximate surface area is 358 Å². The summed E-state index contributed by atoms with van der Waals surface area (Å²) in [7, 11) is 0. The predicted octanol–water partition coefficient (Wildman–Crippen LogP) is 14.1. The van der Waals surface area contributed by atoms with E-state index >= 15 is 0 Å². The molecular formula is C58H36N4. The lowest BCUT2D eigenvalue weighted by Gasteiger charge is -2.33. The highest BCUT2D eigenvalue weighted by Gasteiger charge is 2.51. The van der Waals surface area contributed by atoms with E-state index in [1.807, 2.05) is 6.07 Å². The van der Waals surface area contributed by atoms with Crippen molar-refractivity contribution in [3.8, 4) is 39.6 Å². The van der Waals surface area contributed by atoms with Gasteiger partial charge in [0.05, 0.1) is 11.0 Å². The van der Waals surface area contributed by atoms with Gasteiger partial charge in [0.1, 0.15) is 5.41 Å². The molecule has 1 aliphatic carbocycles. The van der Waals surface area contributed by atoms with E-state index < -0.39 is 5.41 Å². The molecule has 0 radical (unpaired) electrons. The molecule has 12 aromatic rings. The Balaban J connectivity index is 1.19. The van der Waals surface area contributed by atoms with Crippen LogP contribution in [0.4, 0.5) is 0 Å². The van der Waals surface area contributed by atoms with E-state index in [4.69, 9.17) is 15.0 Å². The van der Waals surface area contributed by atoms with Gasteiger partial charge in [-0.3, -0.25) is 0 Å². The molecule has 1 aliphatic rings. The molecule has 0 amide bonds. The second-order valence-electron chi connectivity index (χ2n) is 16.3.